The van der Waals surface area contributed by atoms with Crippen molar-refractivity contribution in [3.05, 3.63) is 24.0 Å². The van der Waals surface area contributed by atoms with Gasteiger partial charge in [-0.05, 0) is 25.0 Å². The lowest BCUT2D eigenvalue weighted by Gasteiger charge is -2.22. The van der Waals surface area contributed by atoms with E-state index in [1.807, 2.05) is 6.07 Å². The Morgan fingerprint density at radius 1 is 1.47 bits per heavy atom. The number of hydrogen-bond acceptors (Lipinski definition) is 3. The van der Waals surface area contributed by atoms with Gasteiger partial charge in [-0.15, -0.1) is 0 Å². The highest BCUT2D eigenvalue weighted by Gasteiger charge is 2.21. The standard InChI is InChI=1S/C14H20FN3O/c1-10(9-16)14(19)17-13-11(15)5-4-6-12(13)18-7-2-3-8-18/h4-6,10H,2-3,7-9,16H2,1H3,(H,17,19). The predicted octanol–water partition coefficient (Wildman–Crippen LogP) is 1.96. The Labute approximate surface area is 112 Å². The van der Waals surface area contributed by atoms with Gasteiger partial charge in [-0.25, -0.2) is 4.39 Å². The summed E-state index contributed by atoms with van der Waals surface area (Å²) in [6.07, 6.45) is 2.20. The smallest absolute Gasteiger partial charge is 0.228 e. The van der Waals surface area contributed by atoms with Crippen LogP contribution in [0.1, 0.15) is 19.8 Å². The molecule has 1 amide bonds. The third kappa shape index (κ3) is 3.04. The van der Waals surface area contributed by atoms with Gasteiger partial charge < -0.3 is 16.0 Å². The van der Waals surface area contributed by atoms with Crippen LogP contribution in [0.3, 0.4) is 0 Å². The molecule has 1 fully saturated rings. The number of nitrogens with two attached hydrogens (primary N) is 1. The molecule has 2 rings (SSSR count). The van der Waals surface area contributed by atoms with Crippen LogP contribution < -0.4 is 16.0 Å². The number of anilines is 2. The molecule has 1 aliphatic rings. The normalized spacial score (nSPS) is 16.5. The molecule has 1 heterocycles. The van der Waals surface area contributed by atoms with E-state index in [1.54, 1.807) is 13.0 Å². The number of halogens is 1. The van der Waals surface area contributed by atoms with E-state index in [4.69, 9.17) is 5.73 Å². The molecule has 1 aromatic carbocycles. The lowest BCUT2D eigenvalue weighted by Crippen LogP contribution is -2.28. The highest BCUT2D eigenvalue weighted by atomic mass is 19.1. The summed E-state index contributed by atoms with van der Waals surface area (Å²) in [4.78, 5) is 14.0. The Kier molecular flexibility index (Phi) is 4.37. The summed E-state index contributed by atoms with van der Waals surface area (Å²) < 4.78 is 14.0. The second kappa shape index (κ2) is 6.02. The monoisotopic (exact) mass is 265 g/mol. The summed E-state index contributed by atoms with van der Waals surface area (Å²) in [6.45, 7) is 3.78. The van der Waals surface area contributed by atoms with E-state index >= 15 is 0 Å². The Morgan fingerprint density at radius 2 is 2.16 bits per heavy atom. The first-order valence-electron chi connectivity index (χ1n) is 6.68. The van der Waals surface area contributed by atoms with Gasteiger partial charge in [-0.1, -0.05) is 13.0 Å². The molecule has 1 aliphatic heterocycles. The van der Waals surface area contributed by atoms with Crippen LogP contribution in [0, 0.1) is 11.7 Å². The first kappa shape index (κ1) is 13.8. The molecule has 5 heteroatoms. The van der Waals surface area contributed by atoms with Gasteiger partial charge in [-0.3, -0.25) is 4.79 Å². The molecule has 1 atom stereocenters. The highest BCUT2D eigenvalue weighted by Crippen LogP contribution is 2.31. The number of nitrogens with one attached hydrogen (secondary N) is 1. The average molecular weight is 265 g/mol. The minimum atomic E-state index is -0.401. The predicted molar refractivity (Wildman–Crippen MR) is 74.7 cm³/mol. The molecule has 1 unspecified atom stereocenters. The van der Waals surface area contributed by atoms with E-state index < -0.39 is 5.82 Å². The Hall–Kier alpha value is -1.62. The fraction of sp³-hybridized carbons (Fsp3) is 0.500. The number of carbonyl (C=O) groups excluding carboxylic acids is 1. The maximum Gasteiger partial charge on any atom is 0.228 e. The van der Waals surface area contributed by atoms with E-state index in [9.17, 15) is 9.18 Å². The lowest BCUT2D eigenvalue weighted by molar-refractivity contribution is -0.119. The molecule has 1 saturated heterocycles. The Balaban J connectivity index is 2.25. The third-order valence-electron chi connectivity index (χ3n) is 3.49. The van der Waals surface area contributed by atoms with E-state index in [1.165, 1.54) is 6.07 Å². The maximum absolute atomic E-state index is 14.0. The summed E-state index contributed by atoms with van der Waals surface area (Å²) in [7, 11) is 0. The van der Waals surface area contributed by atoms with Crippen LogP contribution in [-0.2, 0) is 4.79 Å². The van der Waals surface area contributed by atoms with Crippen molar-refractivity contribution in [2.24, 2.45) is 11.7 Å². The Morgan fingerprint density at radius 3 is 2.79 bits per heavy atom. The van der Waals surface area contributed by atoms with Crippen molar-refractivity contribution in [1.82, 2.24) is 0 Å². The molecule has 0 bridgehead atoms. The summed E-state index contributed by atoms with van der Waals surface area (Å²) in [5.74, 6) is -0.971. The SMILES string of the molecule is CC(CN)C(=O)Nc1c(F)cccc1N1CCCC1. The molecule has 0 spiro atoms. The fourth-order valence-electron chi connectivity index (χ4n) is 2.21. The van der Waals surface area contributed by atoms with Crippen LogP contribution in [-0.4, -0.2) is 25.5 Å². The summed E-state index contributed by atoms with van der Waals surface area (Å²) >= 11 is 0. The van der Waals surface area contributed by atoms with Gasteiger partial charge in [0.2, 0.25) is 5.91 Å². The molecular formula is C14H20FN3O. The van der Waals surface area contributed by atoms with E-state index in [2.05, 4.69) is 10.2 Å². The second-order valence-electron chi connectivity index (χ2n) is 4.95. The molecular weight excluding hydrogens is 245 g/mol. The topological polar surface area (TPSA) is 58.4 Å². The second-order valence-corrected chi connectivity index (χ2v) is 4.95. The van der Waals surface area contributed by atoms with E-state index in [0.717, 1.165) is 31.6 Å². The number of para-hydroxylation sites is 1. The van der Waals surface area contributed by atoms with Crippen LogP contribution in [0.2, 0.25) is 0 Å². The van der Waals surface area contributed by atoms with Crippen LogP contribution in [0.25, 0.3) is 0 Å². The molecule has 0 aromatic heterocycles. The summed E-state index contributed by atoms with van der Waals surface area (Å²) in [5.41, 5.74) is 6.49. The van der Waals surface area contributed by atoms with Crippen molar-refractivity contribution < 1.29 is 9.18 Å². The average Bonchev–Trinajstić information content (AvgIpc) is 2.93. The first-order valence-corrected chi connectivity index (χ1v) is 6.68. The largest absolute Gasteiger partial charge is 0.370 e. The number of hydrogen-bond donors (Lipinski definition) is 2. The minimum Gasteiger partial charge on any atom is -0.370 e. The van der Waals surface area contributed by atoms with Gasteiger partial charge in [-0.2, -0.15) is 0 Å². The van der Waals surface area contributed by atoms with E-state index in [-0.39, 0.29) is 24.1 Å². The van der Waals surface area contributed by atoms with Gasteiger partial charge in [0, 0.05) is 25.6 Å². The zero-order chi connectivity index (χ0) is 13.8. The molecule has 0 saturated carbocycles. The van der Waals surface area contributed by atoms with Crippen molar-refractivity contribution in [2.75, 3.05) is 29.9 Å². The number of amides is 1. The van der Waals surface area contributed by atoms with Gasteiger partial charge in [0.15, 0.2) is 0 Å². The summed E-state index contributed by atoms with van der Waals surface area (Å²) in [6, 6.07) is 4.88. The van der Waals surface area contributed by atoms with Crippen LogP contribution in [0.15, 0.2) is 18.2 Å². The zero-order valence-electron chi connectivity index (χ0n) is 11.2. The van der Waals surface area contributed by atoms with Crippen molar-refractivity contribution in [3.8, 4) is 0 Å². The first-order chi connectivity index (χ1) is 9.13. The molecule has 0 aliphatic carbocycles. The van der Waals surface area contributed by atoms with Gasteiger partial charge in [0.05, 0.1) is 5.69 Å². The molecule has 4 nitrogen and oxygen atoms in total. The van der Waals surface area contributed by atoms with Crippen LogP contribution >= 0.6 is 0 Å². The minimum absolute atomic E-state index is 0.243. The number of nitrogens with zero attached hydrogens (tertiary/aromatic N) is 1. The van der Waals surface area contributed by atoms with Crippen molar-refractivity contribution in [3.63, 3.8) is 0 Å². The molecule has 0 radical (unpaired) electrons. The van der Waals surface area contributed by atoms with Crippen molar-refractivity contribution in [2.45, 2.75) is 19.8 Å². The quantitative estimate of drug-likeness (QED) is 0.875. The number of carbonyl (C=O) groups is 1. The van der Waals surface area contributed by atoms with Gasteiger partial charge >= 0.3 is 0 Å². The molecule has 3 N–H and O–H groups in total. The fourth-order valence-corrected chi connectivity index (χ4v) is 2.21. The molecule has 1 aromatic rings. The maximum atomic E-state index is 14.0. The number of rotatable bonds is 4. The third-order valence-corrected chi connectivity index (χ3v) is 3.49. The zero-order valence-corrected chi connectivity index (χ0v) is 11.2. The Bertz CT molecular complexity index is 458. The van der Waals surface area contributed by atoms with Crippen LogP contribution in [0.4, 0.5) is 15.8 Å². The molecule has 104 valence electrons. The van der Waals surface area contributed by atoms with Gasteiger partial charge in [0.1, 0.15) is 11.5 Å². The van der Waals surface area contributed by atoms with Crippen molar-refractivity contribution >= 4 is 17.3 Å². The lowest BCUT2D eigenvalue weighted by atomic mass is 10.1. The highest BCUT2D eigenvalue weighted by molar-refractivity contribution is 5.96. The number of benzene rings is 1. The molecule has 19 heavy (non-hydrogen) atoms. The van der Waals surface area contributed by atoms with Crippen molar-refractivity contribution in [1.29, 1.82) is 0 Å². The van der Waals surface area contributed by atoms with Gasteiger partial charge in [0.25, 0.3) is 0 Å². The summed E-state index contributed by atoms with van der Waals surface area (Å²) in [5, 5.41) is 2.67. The van der Waals surface area contributed by atoms with Crippen LogP contribution in [0.5, 0.6) is 0 Å². The van der Waals surface area contributed by atoms with E-state index in [0.29, 0.717) is 0 Å².